The second kappa shape index (κ2) is 4.77. The number of allylic oxidation sites excluding steroid dienone is 1. The van der Waals surface area contributed by atoms with Gasteiger partial charge in [0.25, 0.3) is 0 Å². The van der Waals surface area contributed by atoms with Gasteiger partial charge in [0.1, 0.15) is 0 Å². The fourth-order valence-corrected chi connectivity index (χ4v) is 4.34. The van der Waals surface area contributed by atoms with E-state index in [4.69, 9.17) is 14.2 Å². The summed E-state index contributed by atoms with van der Waals surface area (Å²) in [6.07, 6.45) is 2.58. The second-order valence-corrected chi connectivity index (χ2v) is 6.69. The Kier molecular flexibility index (Phi) is 3.00. The van der Waals surface area contributed by atoms with Crippen molar-refractivity contribution in [1.82, 2.24) is 0 Å². The molecule has 112 valence electrons. The Balaban J connectivity index is 1.71. The Morgan fingerprint density at radius 1 is 1.10 bits per heavy atom. The number of benzene rings is 1. The summed E-state index contributed by atoms with van der Waals surface area (Å²) in [5.74, 6) is 4.08. The topological polar surface area (TPSA) is 27.7 Å². The van der Waals surface area contributed by atoms with Gasteiger partial charge in [-0.25, -0.2) is 0 Å². The molecule has 5 atom stereocenters. The molecule has 0 spiro atoms. The third-order valence-corrected chi connectivity index (χ3v) is 5.49. The summed E-state index contributed by atoms with van der Waals surface area (Å²) in [5.41, 5.74) is 2.67. The Morgan fingerprint density at radius 2 is 1.90 bits per heavy atom. The molecule has 1 aromatic carbocycles. The molecular formula is C18H22O3. The van der Waals surface area contributed by atoms with Gasteiger partial charge in [0.15, 0.2) is 11.5 Å². The van der Waals surface area contributed by atoms with Crippen LogP contribution in [0.5, 0.6) is 11.5 Å². The molecule has 0 radical (unpaired) electrons. The molecule has 0 N–H and O–H groups in total. The van der Waals surface area contributed by atoms with Crippen molar-refractivity contribution < 1.29 is 14.2 Å². The minimum atomic E-state index is 0.134. The first-order valence-electron chi connectivity index (χ1n) is 7.84. The van der Waals surface area contributed by atoms with Gasteiger partial charge in [-0.05, 0) is 42.4 Å². The Hall–Kier alpha value is -1.48. The maximum atomic E-state index is 6.26. The van der Waals surface area contributed by atoms with Gasteiger partial charge in [-0.15, -0.1) is 0 Å². The highest BCUT2D eigenvalue weighted by Crippen LogP contribution is 2.50. The van der Waals surface area contributed by atoms with E-state index in [1.807, 2.05) is 6.07 Å². The largest absolute Gasteiger partial charge is 0.454 e. The van der Waals surface area contributed by atoms with Crippen LogP contribution < -0.4 is 9.47 Å². The summed E-state index contributed by atoms with van der Waals surface area (Å²) < 4.78 is 17.2. The van der Waals surface area contributed by atoms with Crippen LogP contribution >= 0.6 is 0 Å². The molecule has 2 heterocycles. The first-order valence-corrected chi connectivity index (χ1v) is 7.84. The van der Waals surface area contributed by atoms with Crippen LogP contribution in [-0.4, -0.2) is 13.4 Å². The Bertz CT molecular complexity index is 592. The second-order valence-electron chi connectivity index (χ2n) is 6.69. The van der Waals surface area contributed by atoms with Crippen LogP contribution in [0.2, 0.25) is 0 Å². The van der Waals surface area contributed by atoms with Crippen LogP contribution in [0, 0.1) is 23.7 Å². The van der Waals surface area contributed by atoms with Crippen LogP contribution in [0.25, 0.3) is 0 Å². The van der Waals surface area contributed by atoms with E-state index >= 15 is 0 Å². The zero-order valence-electron chi connectivity index (χ0n) is 12.8. The van der Waals surface area contributed by atoms with Crippen LogP contribution in [0.3, 0.4) is 0 Å². The summed E-state index contributed by atoms with van der Waals surface area (Å²) in [6.45, 7) is 8.11. The van der Waals surface area contributed by atoms with Crippen molar-refractivity contribution in [1.29, 1.82) is 0 Å². The first kappa shape index (κ1) is 13.2. The minimum absolute atomic E-state index is 0.134. The van der Waals surface area contributed by atoms with Crippen molar-refractivity contribution in [2.24, 2.45) is 23.7 Å². The van der Waals surface area contributed by atoms with Gasteiger partial charge in [0, 0.05) is 5.92 Å². The van der Waals surface area contributed by atoms with Gasteiger partial charge < -0.3 is 14.2 Å². The molecule has 1 saturated heterocycles. The molecule has 0 aromatic heterocycles. The van der Waals surface area contributed by atoms with Crippen molar-refractivity contribution >= 4 is 0 Å². The first-order chi connectivity index (χ1) is 10.1. The molecule has 1 fully saturated rings. The minimum Gasteiger partial charge on any atom is -0.454 e. The molecule has 5 unspecified atom stereocenters. The molecule has 3 heteroatoms. The highest BCUT2D eigenvalue weighted by molar-refractivity contribution is 5.45. The molecule has 4 rings (SSSR count). The van der Waals surface area contributed by atoms with Crippen molar-refractivity contribution in [3.05, 3.63) is 35.4 Å². The zero-order chi connectivity index (χ0) is 14.6. The van der Waals surface area contributed by atoms with Gasteiger partial charge in [0.2, 0.25) is 6.79 Å². The summed E-state index contributed by atoms with van der Waals surface area (Å²) in [4.78, 5) is 0. The van der Waals surface area contributed by atoms with Gasteiger partial charge in [-0.2, -0.15) is 0 Å². The third-order valence-electron chi connectivity index (χ3n) is 5.49. The zero-order valence-corrected chi connectivity index (χ0v) is 12.8. The SMILES string of the molecule is CC1=CC(C)C2COC(c3ccc4c(c3)OCO4)C1C2C. The maximum absolute atomic E-state index is 6.26. The van der Waals surface area contributed by atoms with Crippen molar-refractivity contribution in [2.75, 3.05) is 13.4 Å². The van der Waals surface area contributed by atoms with Crippen molar-refractivity contribution in [3.63, 3.8) is 0 Å². The van der Waals surface area contributed by atoms with Crippen LogP contribution in [-0.2, 0) is 4.74 Å². The summed E-state index contributed by atoms with van der Waals surface area (Å²) >= 11 is 0. The lowest BCUT2D eigenvalue weighted by Crippen LogP contribution is -2.42. The molecular weight excluding hydrogens is 264 g/mol. The molecule has 3 aliphatic rings. The monoisotopic (exact) mass is 286 g/mol. The Morgan fingerprint density at radius 3 is 2.76 bits per heavy atom. The molecule has 0 amide bonds. The number of hydrogen-bond acceptors (Lipinski definition) is 3. The van der Waals surface area contributed by atoms with Crippen molar-refractivity contribution in [3.8, 4) is 11.5 Å². The third kappa shape index (κ3) is 1.98. The highest BCUT2D eigenvalue weighted by atomic mass is 16.7. The van der Waals surface area contributed by atoms with Crippen molar-refractivity contribution in [2.45, 2.75) is 26.9 Å². The molecule has 21 heavy (non-hydrogen) atoms. The summed E-state index contributed by atoms with van der Waals surface area (Å²) in [6, 6.07) is 6.21. The molecule has 1 aromatic rings. The maximum Gasteiger partial charge on any atom is 0.231 e. The standard InChI is InChI=1S/C18H22O3/c1-10-6-11(2)17-12(3)14(10)8-19-18(17)13-4-5-15-16(7-13)21-9-20-15/h4-7,10,12,14,17-18H,8-9H2,1-3H3. The summed E-state index contributed by atoms with van der Waals surface area (Å²) in [5, 5.41) is 0. The van der Waals surface area contributed by atoms with E-state index in [0.717, 1.165) is 18.1 Å². The number of hydrogen-bond donors (Lipinski definition) is 0. The molecule has 3 nitrogen and oxygen atoms in total. The van der Waals surface area contributed by atoms with Crippen LogP contribution in [0.1, 0.15) is 32.4 Å². The predicted octanol–water partition coefficient (Wildman–Crippen LogP) is 3.95. The fourth-order valence-electron chi connectivity index (χ4n) is 4.34. The summed E-state index contributed by atoms with van der Waals surface area (Å²) in [7, 11) is 0. The smallest absolute Gasteiger partial charge is 0.231 e. The highest BCUT2D eigenvalue weighted by Gasteiger charge is 2.43. The molecule has 1 aliphatic carbocycles. The normalized spacial score (nSPS) is 37.3. The predicted molar refractivity (Wildman–Crippen MR) is 80.3 cm³/mol. The average molecular weight is 286 g/mol. The molecule has 0 saturated carbocycles. The number of fused-ring (bicyclic) bond motifs is 3. The fraction of sp³-hybridized carbons (Fsp3) is 0.556. The average Bonchev–Trinajstić information content (AvgIpc) is 2.91. The van der Waals surface area contributed by atoms with Gasteiger partial charge >= 0.3 is 0 Å². The van der Waals surface area contributed by atoms with E-state index in [1.165, 1.54) is 11.1 Å². The van der Waals surface area contributed by atoms with E-state index in [1.54, 1.807) is 0 Å². The lowest BCUT2D eigenvalue weighted by atomic mass is 9.64. The van der Waals surface area contributed by atoms with E-state index in [0.29, 0.717) is 30.5 Å². The quantitative estimate of drug-likeness (QED) is 0.732. The van der Waals surface area contributed by atoms with E-state index in [9.17, 15) is 0 Å². The van der Waals surface area contributed by atoms with E-state index in [2.05, 4.69) is 39.0 Å². The van der Waals surface area contributed by atoms with Gasteiger partial charge in [-0.1, -0.05) is 31.6 Å². The lowest BCUT2D eigenvalue weighted by molar-refractivity contribution is -0.0934. The van der Waals surface area contributed by atoms with E-state index < -0.39 is 0 Å². The van der Waals surface area contributed by atoms with Crippen LogP contribution in [0.15, 0.2) is 29.8 Å². The van der Waals surface area contributed by atoms with Gasteiger partial charge in [-0.3, -0.25) is 0 Å². The van der Waals surface area contributed by atoms with Gasteiger partial charge in [0.05, 0.1) is 12.7 Å². The number of ether oxygens (including phenoxy) is 3. The Labute approximate surface area is 125 Å². The lowest BCUT2D eigenvalue weighted by Gasteiger charge is -2.47. The molecule has 2 aliphatic heterocycles. The van der Waals surface area contributed by atoms with Crippen LogP contribution in [0.4, 0.5) is 0 Å². The molecule has 2 bridgehead atoms. The number of rotatable bonds is 1. The van der Waals surface area contributed by atoms with E-state index in [-0.39, 0.29) is 6.10 Å².